The Balaban J connectivity index is 1.88. The van der Waals surface area contributed by atoms with Crippen LogP contribution in [0.1, 0.15) is 38.5 Å². The molecule has 1 nitrogen and oxygen atoms in total. The van der Waals surface area contributed by atoms with E-state index >= 15 is 0 Å². The van der Waals surface area contributed by atoms with Crippen molar-refractivity contribution >= 4 is 0 Å². The highest BCUT2D eigenvalue weighted by molar-refractivity contribution is 5.20. The average molecular weight is 242 g/mol. The van der Waals surface area contributed by atoms with Crippen molar-refractivity contribution < 1.29 is 13.5 Å². The van der Waals surface area contributed by atoms with Crippen LogP contribution in [0.5, 0.6) is 5.75 Å². The van der Waals surface area contributed by atoms with Gasteiger partial charge in [0.15, 0.2) is 0 Å². The molecule has 0 heterocycles. The summed E-state index contributed by atoms with van der Waals surface area (Å²) in [5, 5.41) is 0. The van der Waals surface area contributed by atoms with Crippen LogP contribution in [-0.4, -0.2) is 13.0 Å². The summed E-state index contributed by atoms with van der Waals surface area (Å²) >= 11 is 0. The van der Waals surface area contributed by atoms with Gasteiger partial charge >= 0.3 is 0 Å². The molecule has 17 heavy (non-hydrogen) atoms. The van der Waals surface area contributed by atoms with Gasteiger partial charge in [0.25, 0.3) is 0 Å². The first-order chi connectivity index (χ1) is 8.29. The molecule has 0 radical (unpaired) electrons. The number of alkyl halides is 2. The molecule has 0 spiro atoms. The number of rotatable bonds is 9. The SMILES string of the molecule is FC(F)CCCCCCCOc1ccccc1. The average Bonchev–Trinajstić information content (AvgIpc) is 2.33. The summed E-state index contributed by atoms with van der Waals surface area (Å²) in [5.41, 5.74) is 0. The van der Waals surface area contributed by atoms with Crippen LogP contribution in [0.25, 0.3) is 0 Å². The number of halogens is 2. The number of ether oxygens (including phenoxy) is 1. The Kier molecular flexibility index (Phi) is 7.35. The molecule has 1 rings (SSSR count). The first kappa shape index (κ1) is 13.9. The van der Waals surface area contributed by atoms with E-state index in [9.17, 15) is 8.78 Å². The van der Waals surface area contributed by atoms with Gasteiger partial charge in [-0.2, -0.15) is 0 Å². The molecule has 0 aliphatic heterocycles. The molecule has 0 unspecified atom stereocenters. The fourth-order valence-electron chi connectivity index (χ4n) is 1.64. The Morgan fingerprint density at radius 3 is 2.24 bits per heavy atom. The molecule has 1 aromatic rings. The largest absolute Gasteiger partial charge is 0.494 e. The molecule has 1 aromatic carbocycles. The Bertz CT molecular complexity index is 275. The first-order valence-electron chi connectivity index (χ1n) is 6.25. The lowest BCUT2D eigenvalue weighted by Gasteiger charge is -2.05. The molecule has 3 heteroatoms. The van der Waals surface area contributed by atoms with Crippen LogP contribution in [0.15, 0.2) is 30.3 Å². The lowest BCUT2D eigenvalue weighted by Crippen LogP contribution is -1.97. The third kappa shape index (κ3) is 7.72. The maximum Gasteiger partial charge on any atom is 0.238 e. The molecule has 0 aromatic heterocycles. The van der Waals surface area contributed by atoms with Crippen molar-refractivity contribution in [1.82, 2.24) is 0 Å². The number of hydrogen-bond acceptors (Lipinski definition) is 1. The van der Waals surface area contributed by atoms with E-state index in [0.717, 1.165) is 31.4 Å². The third-order valence-corrected chi connectivity index (χ3v) is 2.58. The second-order valence-electron chi connectivity index (χ2n) is 4.11. The number of para-hydroxylation sites is 1. The molecule has 0 aliphatic rings. The maximum absolute atomic E-state index is 11.8. The maximum atomic E-state index is 11.8. The van der Waals surface area contributed by atoms with Gasteiger partial charge < -0.3 is 4.74 Å². The minimum absolute atomic E-state index is 0.0422. The molecule has 0 fully saturated rings. The van der Waals surface area contributed by atoms with Gasteiger partial charge in [-0.25, -0.2) is 8.78 Å². The minimum atomic E-state index is -2.14. The van der Waals surface area contributed by atoms with Gasteiger partial charge in [0, 0.05) is 6.42 Å². The van der Waals surface area contributed by atoms with Crippen LogP contribution < -0.4 is 4.74 Å². The van der Waals surface area contributed by atoms with Gasteiger partial charge in [-0.15, -0.1) is 0 Å². The third-order valence-electron chi connectivity index (χ3n) is 2.58. The molecule has 0 saturated heterocycles. The monoisotopic (exact) mass is 242 g/mol. The van der Waals surface area contributed by atoms with E-state index < -0.39 is 6.43 Å². The van der Waals surface area contributed by atoms with E-state index in [0.29, 0.717) is 13.0 Å². The fraction of sp³-hybridized carbons (Fsp3) is 0.571. The predicted octanol–water partition coefficient (Wildman–Crippen LogP) is 4.67. The van der Waals surface area contributed by atoms with Crippen molar-refractivity contribution in [3.63, 3.8) is 0 Å². The Morgan fingerprint density at radius 1 is 0.882 bits per heavy atom. The standard InChI is InChI=1S/C14H20F2O/c15-14(16)11-7-2-1-3-8-12-17-13-9-5-4-6-10-13/h4-6,9-10,14H,1-3,7-8,11-12H2. The number of unbranched alkanes of at least 4 members (excludes halogenated alkanes) is 4. The van der Waals surface area contributed by atoms with Crippen molar-refractivity contribution in [3.05, 3.63) is 30.3 Å². The highest BCUT2D eigenvalue weighted by Crippen LogP contribution is 2.12. The van der Waals surface area contributed by atoms with E-state index in [1.807, 2.05) is 30.3 Å². The zero-order chi connectivity index (χ0) is 12.3. The molecule has 0 N–H and O–H groups in total. The summed E-state index contributed by atoms with van der Waals surface area (Å²) in [5.74, 6) is 0.894. The molecule has 0 aliphatic carbocycles. The van der Waals surface area contributed by atoms with E-state index in [2.05, 4.69) is 0 Å². The Labute approximate surface area is 102 Å². The quantitative estimate of drug-likeness (QED) is 0.572. The summed E-state index contributed by atoms with van der Waals surface area (Å²) in [6, 6.07) is 9.71. The Hall–Kier alpha value is -1.12. The van der Waals surface area contributed by atoms with Gasteiger partial charge in [0.05, 0.1) is 6.61 Å². The lowest BCUT2D eigenvalue weighted by molar-refractivity contribution is 0.133. The number of hydrogen-bond donors (Lipinski definition) is 0. The molecule has 0 bridgehead atoms. The molecular weight excluding hydrogens is 222 g/mol. The second-order valence-corrected chi connectivity index (χ2v) is 4.11. The summed E-state index contributed by atoms with van der Waals surface area (Å²) in [6.45, 7) is 0.707. The van der Waals surface area contributed by atoms with E-state index in [1.165, 1.54) is 0 Å². The van der Waals surface area contributed by atoms with E-state index in [1.54, 1.807) is 0 Å². The molecule has 96 valence electrons. The van der Waals surface area contributed by atoms with Crippen LogP contribution in [0, 0.1) is 0 Å². The fourth-order valence-corrected chi connectivity index (χ4v) is 1.64. The van der Waals surface area contributed by atoms with Gasteiger partial charge in [0.1, 0.15) is 5.75 Å². The summed E-state index contributed by atoms with van der Waals surface area (Å²) in [4.78, 5) is 0. The van der Waals surface area contributed by atoms with Crippen molar-refractivity contribution in [1.29, 1.82) is 0 Å². The summed E-state index contributed by atoms with van der Waals surface area (Å²) in [6.07, 6.45) is 2.49. The van der Waals surface area contributed by atoms with Gasteiger partial charge in [0.2, 0.25) is 6.43 Å². The minimum Gasteiger partial charge on any atom is -0.494 e. The second kappa shape index (κ2) is 8.97. The lowest BCUT2D eigenvalue weighted by atomic mass is 10.1. The molecule has 0 saturated carbocycles. The normalized spacial score (nSPS) is 10.8. The van der Waals surface area contributed by atoms with Crippen molar-refractivity contribution in [2.75, 3.05) is 6.61 Å². The van der Waals surface area contributed by atoms with Gasteiger partial charge in [-0.1, -0.05) is 37.5 Å². The zero-order valence-corrected chi connectivity index (χ0v) is 10.1. The first-order valence-corrected chi connectivity index (χ1v) is 6.25. The Morgan fingerprint density at radius 2 is 1.53 bits per heavy atom. The zero-order valence-electron chi connectivity index (χ0n) is 10.1. The molecule has 0 atom stereocenters. The summed E-state index contributed by atoms with van der Waals surface area (Å²) < 4.78 is 29.2. The van der Waals surface area contributed by atoms with E-state index in [4.69, 9.17) is 4.74 Å². The van der Waals surface area contributed by atoms with Crippen molar-refractivity contribution in [3.8, 4) is 5.75 Å². The van der Waals surface area contributed by atoms with E-state index in [-0.39, 0.29) is 6.42 Å². The van der Waals surface area contributed by atoms with Crippen molar-refractivity contribution in [2.45, 2.75) is 45.0 Å². The van der Waals surface area contributed by atoms with Crippen LogP contribution in [0.2, 0.25) is 0 Å². The highest BCUT2D eigenvalue weighted by Gasteiger charge is 2.00. The number of benzene rings is 1. The molecule has 0 amide bonds. The molecular formula is C14H20F2O. The van der Waals surface area contributed by atoms with Crippen LogP contribution in [-0.2, 0) is 0 Å². The highest BCUT2D eigenvalue weighted by atomic mass is 19.3. The van der Waals surface area contributed by atoms with Crippen LogP contribution in [0.3, 0.4) is 0 Å². The predicted molar refractivity (Wildman–Crippen MR) is 65.6 cm³/mol. The van der Waals surface area contributed by atoms with Gasteiger partial charge in [-0.05, 0) is 25.0 Å². The van der Waals surface area contributed by atoms with Crippen LogP contribution in [0.4, 0.5) is 8.78 Å². The summed E-state index contributed by atoms with van der Waals surface area (Å²) in [7, 11) is 0. The van der Waals surface area contributed by atoms with Crippen LogP contribution >= 0.6 is 0 Å². The van der Waals surface area contributed by atoms with Crippen molar-refractivity contribution in [2.24, 2.45) is 0 Å². The topological polar surface area (TPSA) is 9.23 Å². The smallest absolute Gasteiger partial charge is 0.238 e. The van der Waals surface area contributed by atoms with Gasteiger partial charge in [-0.3, -0.25) is 0 Å².